The van der Waals surface area contributed by atoms with E-state index >= 15 is 0 Å². The molecule has 1 aromatic rings. The van der Waals surface area contributed by atoms with E-state index in [1.165, 1.54) is 10.5 Å². The van der Waals surface area contributed by atoms with Gasteiger partial charge in [0.05, 0.1) is 0 Å². The van der Waals surface area contributed by atoms with Crippen LogP contribution in [-0.2, 0) is 9.59 Å². The molecule has 1 rings (SSSR count). The number of hydrogen-bond donors (Lipinski definition) is 2. The lowest BCUT2D eigenvalue weighted by molar-refractivity contribution is -0.140. The van der Waals surface area contributed by atoms with Gasteiger partial charge in [0.25, 0.3) is 0 Å². The fourth-order valence-electron chi connectivity index (χ4n) is 1.52. The normalized spacial score (nSPS) is 11.8. The van der Waals surface area contributed by atoms with Crippen LogP contribution in [0.4, 0.5) is 0 Å². The highest BCUT2D eigenvalue weighted by atomic mass is 32.2. The van der Waals surface area contributed by atoms with Crippen LogP contribution in [0, 0.1) is 6.92 Å². The van der Waals surface area contributed by atoms with Crippen molar-refractivity contribution in [2.75, 3.05) is 17.3 Å². The van der Waals surface area contributed by atoms with E-state index in [4.69, 9.17) is 5.11 Å². The average Bonchev–Trinajstić information content (AvgIpc) is 2.43. The second kappa shape index (κ2) is 9.72. The molecule has 0 aromatic heterocycles. The summed E-state index contributed by atoms with van der Waals surface area (Å²) in [7, 11) is 0. The molecule has 0 fully saturated rings. The lowest BCUT2D eigenvalue weighted by Crippen LogP contribution is -2.36. The molecule has 0 radical (unpaired) electrons. The Balaban J connectivity index is 2.11. The van der Waals surface area contributed by atoms with Crippen LogP contribution in [0.1, 0.15) is 12.0 Å². The smallest absolute Gasteiger partial charge is 0.326 e. The molecule has 20 heavy (non-hydrogen) atoms. The van der Waals surface area contributed by atoms with Crippen molar-refractivity contribution in [3.63, 3.8) is 0 Å². The van der Waals surface area contributed by atoms with Crippen molar-refractivity contribution < 1.29 is 14.7 Å². The van der Waals surface area contributed by atoms with Crippen molar-refractivity contribution in [1.29, 1.82) is 0 Å². The summed E-state index contributed by atoms with van der Waals surface area (Å²) in [6, 6.07) is 7.64. The maximum atomic E-state index is 10.8. The van der Waals surface area contributed by atoms with Gasteiger partial charge in [0.1, 0.15) is 6.04 Å². The standard InChI is InChI=1S/C14H19NO3S2/c1-11-2-4-12(5-3-11)20-9-8-19-7-6-13(14(17)18)15-10-16/h2-5,10,13H,6-9H2,1H3,(H,15,16)(H,17,18). The van der Waals surface area contributed by atoms with E-state index in [1.807, 2.05) is 0 Å². The zero-order valence-corrected chi connectivity index (χ0v) is 13.0. The Kier molecular flexibility index (Phi) is 8.22. The van der Waals surface area contributed by atoms with Crippen LogP contribution in [0.2, 0.25) is 0 Å². The van der Waals surface area contributed by atoms with Crippen molar-refractivity contribution in [1.82, 2.24) is 5.32 Å². The number of amides is 1. The number of thioether (sulfide) groups is 2. The lowest BCUT2D eigenvalue weighted by Gasteiger charge is -2.10. The van der Waals surface area contributed by atoms with Gasteiger partial charge in [0, 0.05) is 16.4 Å². The molecule has 1 atom stereocenters. The molecular formula is C14H19NO3S2. The first kappa shape index (κ1) is 16.9. The Labute approximate surface area is 127 Å². The molecule has 1 unspecified atom stereocenters. The fraction of sp³-hybridized carbons (Fsp3) is 0.429. The van der Waals surface area contributed by atoms with Crippen molar-refractivity contribution >= 4 is 35.9 Å². The maximum absolute atomic E-state index is 10.8. The van der Waals surface area contributed by atoms with Gasteiger partial charge < -0.3 is 10.4 Å². The van der Waals surface area contributed by atoms with Crippen LogP contribution < -0.4 is 5.32 Å². The summed E-state index contributed by atoms with van der Waals surface area (Å²) in [6.07, 6.45) is 0.893. The molecule has 0 saturated carbocycles. The SMILES string of the molecule is Cc1ccc(SCCSCCC(NC=O)C(=O)O)cc1. The van der Waals surface area contributed by atoms with Crippen molar-refractivity contribution in [2.24, 2.45) is 0 Å². The van der Waals surface area contributed by atoms with Crippen LogP contribution in [0.25, 0.3) is 0 Å². The van der Waals surface area contributed by atoms with E-state index in [1.54, 1.807) is 23.5 Å². The Morgan fingerprint density at radius 1 is 1.30 bits per heavy atom. The fourth-order valence-corrected chi connectivity index (χ4v) is 3.49. The van der Waals surface area contributed by atoms with Crippen LogP contribution in [-0.4, -0.2) is 40.8 Å². The minimum atomic E-state index is -0.980. The van der Waals surface area contributed by atoms with Gasteiger partial charge >= 0.3 is 5.97 Å². The van der Waals surface area contributed by atoms with Gasteiger partial charge in [-0.25, -0.2) is 4.79 Å². The van der Waals surface area contributed by atoms with E-state index < -0.39 is 12.0 Å². The van der Waals surface area contributed by atoms with Crippen molar-refractivity contribution in [3.05, 3.63) is 29.8 Å². The summed E-state index contributed by atoms with van der Waals surface area (Å²) in [4.78, 5) is 22.3. The largest absolute Gasteiger partial charge is 0.480 e. The quantitative estimate of drug-likeness (QED) is 0.394. The lowest BCUT2D eigenvalue weighted by atomic mass is 10.2. The third kappa shape index (κ3) is 6.86. The minimum absolute atomic E-state index is 0.441. The number of carboxylic acid groups (broad SMARTS) is 1. The van der Waals surface area contributed by atoms with Crippen LogP contribution in [0.15, 0.2) is 29.2 Å². The third-order valence-electron chi connectivity index (χ3n) is 2.64. The molecule has 0 aliphatic carbocycles. The highest BCUT2D eigenvalue weighted by molar-refractivity contribution is 8.02. The molecule has 0 aliphatic rings. The van der Waals surface area contributed by atoms with E-state index in [-0.39, 0.29) is 0 Å². The van der Waals surface area contributed by atoms with Crippen molar-refractivity contribution in [3.8, 4) is 0 Å². The topological polar surface area (TPSA) is 66.4 Å². The molecule has 0 aliphatic heterocycles. The van der Waals surface area contributed by atoms with Gasteiger partial charge in [-0.15, -0.1) is 11.8 Å². The second-order valence-electron chi connectivity index (χ2n) is 4.24. The first-order chi connectivity index (χ1) is 9.63. The number of hydrogen-bond acceptors (Lipinski definition) is 4. The zero-order valence-electron chi connectivity index (χ0n) is 11.4. The highest BCUT2D eigenvalue weighted by Gasteiger charge is 2.15. The molecule has 110 valence electrons. The van der Waals surface area contributed by atoms with Gasteiger partial charge in [0.2, 0.25) is 6.41 Å². The molecule has 4 nitrogen and oxygen atoms in total. The van der Waals surface area contributed by atoms with Crippen molar-refractivity contribution in [2.45, 2.75) is 24.3 Å². The Bertz CT molecular complexity index is 423. The van der Waals surface area contributed by atoms with Gasteiger partial charge in [0.15, 0.2) is 0 Å². The number of carbonyl (C=O) groups excluding carboxylic acids is 1. The average molecular weight is 313 g/mol. The Hall–Kier alpha value is -1.14. The maximum Gasteiger partial charge on any atom is 0.326 e. The number of nitrogens with one attached hydrogen (secondary N) is 1. The molecule has 0 heterocycles. The monoisotopic (exact) mass is 313 g/mol. The summed E-state index contributed by atoms with van der Waals surface area (Å²) in [6.45, 7) is 2.07. The Morgan fingerprint density at radius 2 is 2.00 bits per heavy atom. The van der Waals surface area contributed by atoms with Gasteiger partial charge in [-0.05, 0) is 31.2 Å². The summed E-state index contributed by atoms with van der Waals surface area (Å²) < 4.78 is 0. The summed E-state index contributed by atoms with van der Waals surface area (Å²) in [5.41, 5.74) is 1.26. The molecule has 2 N–H and O–H groups in total. The summed E-state index contributed by atoms with van der Waals surface area (Å²) >= 11 is 3.50. The molecule has 0 bridgehead atoms. The molecule has 6 heteroatoms. The summed E-state index contributed by atoms with van der Waals surface area (Å²) in [5, 5.41) is 11.1. The first-order valence-corrected chi connectivity index (χ1v) is 8.47. The van der Waals surface area contributed by atoms with Crippen LogP contribution >= 0.6 is 23.5 Å². The number of carboxylic acids is 1. The first-order valence-electron chi connectivity index (χ1n) is 6.33. The van der Waals surface area contributed by atoms with E-state index in [0.29, 0.717) is 12.8 Å². The number of aliphatic carboxylic acids is 1. The molecule has 0 saturated heterocycles. The van der Waals surface area contributed by atoms with Crippen LogP contribution in [0.3, 0.4) is 0 Å². The van der Waals surface area contributed by atoms with Gasteiger partial charge in [-0.3, -0.25) is 4.79 Å². The number of benzene rings is 1. The summed E-state index contributed by atoms with van der Waals surface area (Å²) in [5.74, 6) is 1.71. The molecule has 1 aromatic carbocycles. The highest BCUT2D eigenvalue weighted by Crippen LogP contribution is 2.19. The predicted octanol–water partition coefficient (Wildman–Crippen LogP) is 2.41. The minimum Gasteiger partial charge on any atom is -0.480 e. The molecule has 1 amide bonds. The van der Waals surface area contributed by atoms with Crippen LogP contribution in [0.5, 0.6) is 0 Å². The third-order valence-corrected chi connectivity index (χ3v) is 4.92. The molecule has 0 spiro atoms. The Morgan fingerprint density at radius 3 is 2.60 bits per heavy atom. The number of carbonyl (C=O) groups is 2. The number of aryl methyl sites for hydroxylation is 1. The van der Waals surface area contributed by atoms with E-state index in [2.05, 4.69) is 36.5 Å². The number of rotatable bonds is 10. The zero-order chi connectivity index (χ0) is 14.8. The van der Waals surface area contributed by atoms with E-state index in [9.17, 15) is 9.59 Å². The molecular weight excluding hydrogens is 294 g/mol. The predicted molar refractivity (Wildman–Crippen MR) is 84.5 cm³/mol. The van der Waals surface area contributed by atoms with Gasteiger partial charge in [-0.1, -0.05) is 17.7 Å². The second-order valence-corrected chi connectivity index (χ2v) is 6.63. The van der Waals surface area contributed by atoms with E-state index in [0.717, 1.165) is 17.3 Å². The van der Waals surface area contributed by atoms with Gasteiger partial charge in [-0.2, -0.15) is 11.8 Å².